The SMILES string of the molecule is COC(=O)c1ccc2nc(C(C)N3CCC(c4cccc(OCc5ccc(Cl)cc5F)n4)CC3)n(C[C@@H]3CCO3)c2n1. The first-order valence-electron chi connectivity index (χ1n) is 14.2. The Morgan fingerprint density at radius 3 is 2.64 bits per heavy atom. The summed E-state index contributed by atoms with van der Waals surface area (Å²) in [4.78, 5) is 28.9. The maximum atomic E-state index is 14.2. The van der Waals surface area contributed by atoms with Gasteiger partial charge in [-0.25, -0.2) is 24.1 Å². The van der Waals surface area contributed by atoms with E-state index < -0.39 is 11.8 Å². The molecule has 0 saturated carbocycles. The molecule has 4 aromatic rings. The van der Waals surface area contributed by atoms with E-state index in [0.29, 0.717) is 28.7 Å². The Labute approximate surface area is 248 Å². The van der Waals surface area contributed by atoms with E-state index in [1.807, 2.05) is 18.2 Å². The van der Waals surface area contributed by atoms with Crippen LogP contribution in [0, 0.1) is 5.82 Å². The topological polar surface area (TPSA) is 91.6 Å². The van der Waals surface area contributed by atoms with Crippen LogP contribution in [0.15, 0.2) is 48.5 Å². The number of nitrogens with zero attached hydrogens (tertiary/aromatic N) is 5. The molecule has 0 spiro atoms. The van der Waals surface area contributed by atoms with Gasteiger partial charge in [-0.2, -0.15) is 0 Å². The number of piperidine rings is 1. The molecule has 0 radical (unpaired) electrons. The molecule has 42 heavy (non-hydrogen) atoms. The van der Waals surface area contributed by atoms with Crippen LogP contribution in [0.1, 0.15) is 65.7 Å². The van der Waals surface area contributed by atoms with Gasteiger partial charge in [-0.05, 0) is 69.6 Å². The Morgan fingerprint density at radius 2 is 1.93 bits per heavy atom. The van der Waals surface area contributed by atoms with E-state index in [9.17, 15) is 9.18 Å². The van der Waals surface area contributed by atoms with Gasteiger partial charge in [-0.15, -0.1) is 0 Å². The fraction of sp³-hybridized carbons (Fsp3) is 0.419. The highest BCUT2D eigenvalue weighted by molar-refractivity contribution is 6.30. The average molecular weight is 594 g/mol. The molecule has 11 heteroatoms. The standard InChI is InChI=1S/C31H33ClFN5O4/c1-19(29-35-26-8-9-27(31(39)40-2)36-30(26)38(29)17-23-12-15-41-23)37-13-10-20(11-14-37)25-4-3-5-28(34-25)42-18-21-6-7-22(32)16-24(21)33/h3-9,16,19-20,23H,10-15,17-18H2,1-2H3/t19?,23-/m0/s1. The summed E-state index contributed by atoms with van der Waals surface area (Å²) >= 11 is 5.86. The maximum absolute atomic E-state index is 14.2. The van der Waals surface area contributed by atoms with Gasteiger partial charge in [-0.1, -0.05) is 23.7 Å². The number of fused-ring (bicyclic) bond motifs is 1. The van der Waals surface area contributed by atoms with Gasteiger partial charge in [0, 0.05) is 34.9 Å². The Morgan fingerprint density at radius 1 is 1.12 bits per heavy atom. The highest BCUT2D eigenvalue weighted by Crippen LogP contribution is 2.33. The van der Waals surface area contributed by atoms with Crippen molar-refractivity contribution in [2.75, 3.05) is 26.8 Å². The fourth-order valence-corrected chi connectivity index (χ4v) is 5.80. The molecule has 1 unspecified atom stereocenters. The fourth-order valence-electron chi connectivity index (χ4n) is 5.64. The van der Waals surface area contributed by atoms with Crippen molar-refractivity contribution in [1.82, 2.24) is 24.4 Å². The van der Waals surface area contributed by atoms with E-state index in [0.717, 1.165) is 56.0 Å². The first kappa shape index (κ1) is 28.5. The van der Waals surface area contributed by atoms with Gasteiger partial charge in [0.2, 0.25) is 5.88 Å². The molecular weight excluding hydrogens is 561 g/mol. The highest BCUT2D eigenvalue weighted by atomic mass is 35.5. The molecule has 0 N–H and O–H groups in total. The summed E-state index contributed by atoms with van der Waals surface area (Å²) < 4.78 is 32.7. The van der Waals surface area contributed by atoms with Crippen LogP contribution in [0.3, 0.4) is 0 Å². The monoisotopic (exact) mass is 593 g/mol. The summed E-state index contributed by atoms with van der Waals surface area (Å²) in [5, 5.41) is 0.353. The number of halogens is 2. The third-order valence-electron chi connectivity index (χ3n) is 8.20. The number of hydrogen-bond acceptors (Lipinski definition) is 8. The highest BCUT2D eigenvalue weighted by Gasteiger charge is 2.30. The predicted octanol–water partition coefficient (Wildman–Crippen LogP) is 5.71. The summed E-state index contributed by atoms with van der Waals surface area (Å²) in [6.07, 6.45) is 2.96. The average Bonchev–Trinajstić information content (AvgIpc) is 3.35. The summed E-state index contributed by atoms with van der Waals surface area (Å²) in [6, 6.07) is 13.8. The molecule has 2 aliphatic rings. The zero-order chi connectivity index (χ0) is 29.2. The molecule has 0 amide bonds. The maximum Gasteiger partial charge on any atom is 0.356 e. The van der Waals surface area contributed by atoms with E-state index in [1.165, 1.54) is 13.2 Å². The Bertz CT molecular complexity index is 1590. The van der Waals surface area contributed by atoms with Crippen molar-refractivity contribution in [2.45, 2.75) is 57.4 Å². The molecule has 2 aliphatic heterocycles. The number of imidazole rings is 1. The van der Waals surface area contributed by atoms with Crippen molar-refractivity contribution < 1.29 is 23.4 Å². The van der Waals surface area contributed by atoms with Crippen molar-refractivity contribution >= 4 is 28.7 Å². The second-order valence-electron chi connectivity index (χ2n) is 10.8. The van der Waals surface area contributed by atoms with Crippen molar-refractivity contribution in [2.24, 2.45) is 0 Å². The predicted molar refractivity (Wildman–Crippen MR) is 155 cm³/mol. The van der Waals surface area contributed by atoms with E-state index in [2.05, 4.69) is 21.4 Å². The lowest BCUT2D eigenvalue weighted by molar-refractivity contribution is -0.0595. The second kappa shape index (κ2) is 12.3. The summed E-state index contributed by atoms with van der Waals surface area (Å²) in [6.45, 7) is 5.40. The van der Waals surface area contributed by atoms with Crippen molar-refractivity contribution in [1.29, 1.82) is 0 Å². The lowest BCUT2D eigenvalue weighted by Crippen LogP contribution is -2.37. The van der Waals surface area contributed by atoms with Crippen LogP contribution in [-0.4, -0.2) is 63.3 Å². The van der Waals surface area contributed by atoms with Gasteiger partial charge in [-0.3, -0.25) is 4.90 Å². The molecule has 0 aliphatic carbocycles. The number of carbonyl (C=O) groups is 1. The number of esters is 1. The molecule has 6 rings (SSSR count). The van der Waals surface area contributed by atoms with E-state index in [-0.39, 0.29) is 30.4 Å². The smallest absolute Gasteiger partial charge is 0.356 e. The van der Waals surface area contributed by atoms with E-state index in [1.54, 1.807) is 24.3 Å². The molecule has 3 aromatic heterocycles. The van der Waals surface area contributed by atoms with Gasteiger partial charge in [0.15, 0.2) is 11.3 Å². The first-order valence-corrected chi connectivity index (χ1v) is 14.6. The molecule has 2 saturated heterocycles. The molecule has 220 valence electrons. The summed E-state index contributed by atoms with van der Waals surface area (Å²) in [5.74, 6) is 0.811. The summed E-state index contributed by atoms with van der Waals surface area (Å²) in [5.41, 5.74) is 3.09. The molecule has 0 bridgehead atoms. The number of aromatic nitrogens is 4. The van der Waals surface area contributed by atoms with Crippen LogP contribution in [-0.2, 0) is 22.6 Å². The van der Waals surface area contributed by atoms with Crippen LogP contribution in [0.5, 0.6) is 5.88 Å². The third-order valence-corrected chi connectivity index (χ3v) is 8.44. The van der Waals surface area contributed by atoms with Crippen molar-refractivity contribution in [3.63, 3.8) is 0 Å². The zero-order valence-corrected chi connectivity index (χ0v) is 24.4. The first-order chi connectivity index (χ1) is 20.4. The second-order valence-corrected chi connectivity index (χ2v) is 11.2. The number of likely N-dealkylation sites (tertiary alicyclic amines) is 1. The minimum atomic E-state index is -0.471. The van der Waals surface area contributed by atoms with Crippen LogP contribution < -0.4 is 4.74 Å². The molecular formula is C31H33ClFN5O4. The number of benzene rings is 1. The van der Waals surface area contributed by atoms with Gasteiger partial charge >= 0.3 is 5.97 Å². The minimum absolute atomic E-state index is 0.0405. The molecule has 2 atom stereocenters. The number of pyridine rings is 2. The summed E-state index contributed by atoms with van der Waals surface area (Å²) in [7, 11) is 1.35. The van der Waals surface area contributed by atoms with E-state index >= 15 is 0 Å². The quantitative estimate of drug-likeness (QED) is 0.228. The zero-order valence-electron chi connectivity index (χ0n) is 23.6. The number of ether oxygens (including phenoxy) is 3. The van der Waals surface area contributed by atoms with Crippen LogP contribution in [0.2, 0.25) is 5.02 Å². The Kier molecular flexibility index (Phi) is 8.37. The third kappa shape index (κ3) is 5.97. The lowest BCUT2D eigenvalue weighted by Gasteiger charge is -2.36. The van der Waals surface area contributed by atoms with Gasteiger partial charge < -0.3 is 18.8 Å². The van der Waals surface area contributed by atoms with Crippen molar-refractivity contribution in [3.05, 3.63) is 82.1 Å². The minimum Gasteiger partial charge on any atom is -0.473 e. The van der Waals surface area contributed by atoms with Crippen molar-refractivity contribution in [3.8, 4) is 5.88 Å². The molecule has 5 heterocycles. The van der Waals surface area contributed by atoms with E-state index in [4.69, 9.17) is 35.8 Å². The Balaban J connectivity index is 1.14. The number of carbonyl (C=O) groups excluding carboxylic acids is 1. The number of hydrogen-bond donors (Lipinski definition) is 0. The lowest BCUT2D eigenvalue weighted by atomic mass is 9.92. The number of rotatable bonds is 9. The number of methoxy groups -OCH3 is 1. The molecule has 2 fully saturated rings. The largest absolute Gasteiger partial charge is 0.473 e. The van der Waals surface area contributed by atoms with Gasteiger partial charge in [0.25, 0.3) is 0 Å². The molecule has 1 aromatic carbocycles. The van der Waals surface area contributed by atoms with Gasteiger partial charge in [0.1, 0.15) is 23.8 Å². The van der Waals surface area contributed by atoms with Crippen LogP contribution in [0.25, 0.3) is 11.2 Å². The molecule has 9 nitrogen and oxygen atoms in total. The van der Waals surface area contributed by atoms with Crippen LogP contribution >= 0.6 is 11.6 Å². The van der Waals surface area contributed by atoms with Gasteiger partial charge in [0.05, 0.1) is 25.8 Å². The normalized spacial score (nSPS) is 18.5. The van der Waals surface area contributed by atoms with Crippen LogP contribution in [0.4, 0.5) is 4.39 Å². The Hall–Kier alpha value is -3.60.